The van der Waals surface area contributed by atoms with E-state index in [1.807, 2.05) is 6.92 Å². The predicted molar refractivity (Wildman–Crippen MR) is 129 cm³/mol. The van der Waals surface area contributed by atoms with Gasteiger partial charge in [-0.05, 0) is 42.3 Å². The summed E-state index contributed by atoms with van der Waals surface area (Å²) in [7, 11) is 1.19. The van der Waals surface area contributed by atoms with E-state index in [4.69, 9.17) is 44.3 Å². The first kappa shape index (κ1) is 25.3. The highest BCUT2D eigenvalue weighted by Gasteiger charge is 2.44. The van der Waals surface area contributed by atoms with Gasteiger partial charge in [-0.15, -0.1) is 11.8 Å². The van der Waals surface area contributed by atoms with Gasteiger partial charge in [0.1, 0.15) is 11.7 Å². The number of hydrogen-bond donors (Lipinski definition) is 1. The Hall–Kier alpha value is -2.37. The number of nitriles is 1. The minimum atomic E-state index is -1.25. The van der Waals surface area contributed by atoms with Crippen molar-refractivity contribution in [1.29, 1.82) is 5.26 Å². The number of carbonyl (C=O) groups is 2. The molecule has 0 unspecified atom stereocenters. The first-order valence-corrected chi connectivity index (χ1v) is 11.9. The van der Waals surface area contributed by atoms with Crippen LogP contribution in [0.4, 0.5) is 0 Å². The lowest BCUT2D eigenvalue weighted by molar-refractivity contribution is -0.150. The molecule has 0 aromatic heterocycles. The third-order valence-corrected chi connectivity index (χ3v) is 6.93. The summed E-state index contributed by atoms with van der Waals surface area (Å²) in [6, 6.07) is 12.2. The number of ether oxygens (including phenoxy) is 2. The summed E-state index contributed by atoms with van der Waals surface area (Å²) in [5, 5.41) is 14.3. The average molecular weight is 526 g/mol. The second-order valence-electron chi connectivity index (χ2n) is 6.97. The van der Waals surface area contributed by atoms with Crippen LogP contribution in [-0.4, -0.2) is 25.6 Å². The van der Waals surface area contributed by atoms with Crippen molar-refractivity contribution in [3.63, 3.8) is 0 Å². The molecule has 1 N–H and O–H groups in total. The Labute approximate surface area is 210 Å². The molecule has 10 heteroatoms. The number of thioether (sulfide) groups is 1. The van der Waals surface area contributed by atoms with Crippen LogP contribution < -0.4 is 10.1 Å². The molecule has 0 saturated carbocycles. The van der Waals surface area contributed by atoms with Gasteiger partial charge in [-0.25, -0.2) is 0 Å². The number of rotatable bonds is 7. The number of nitrogens with one attached hydrogen (secondary N) is 1. The van der Waals surface area contributed by atoms with Crippen LogP contribution in [0.3, 0.4) is 0 Å². The Morgan fingerprint density at radius 2 is 1.94 bits per heavy atom. The quantitative estimate of drug-likeness (QED) is 0.368. The van der Waals surface area contributed by atoms with E-state index in [1.165, 1.54) is 18.9 Å². The maximum Gasteiger partial charge on any atom is 0.319 e. The van der Waals surface area contributed by atoms with Crippen LogP contribution in [0.15, 0.2) is 47.0 Å². The van der Waals surface area contributed by atoms with Crippen LogP contribution in [0.25, 0.3) is 0 Å². The lowest BCUT2D eigenvalue weighted by atomic mass is 9.78. The van der Waals surface area contributed by atoms with Gasteiger partial charge in [0.25, 0.3) is 0 Å². The number of esters is 1. The van der Waals surface area contributed by atoms with Gasteiger partial charge >= 0.3 is 5.97 Å². The Morgan fingerprint density at radius 3 is 2.55 bits per heavy atom. The Kier molecular flexibility index (Phi) is 8.55. The maximum atomic E-state index is 13.0. The molecule has 1 amide bonds. The molecule has 3 rings (SSSR count). The van der Waals surface area contributed by atoms with E-state index < -0.39 is 23.7 Å². The van der Waals surface area contributed by atoms with Crippen molar-refractivity contribution in [1.82, 2.24) is 5.32 Å². The number of hydrogen-bond acceptors (Lipinski definition) is 6. The molecule has 0 spiro atoms. The molecule has 6 nitrogen and oxygen atoms in total. The van der Waals surface area contributed by atoms with E-state index in [2.05, 4.69) is 11.4 Å². The number of carbonyl (C=O) groups excluding carboxylic acids is 2. The third-order valence-electron chi connectivity index (χ3n) is 4.99. The molecular weight excluding hydrogens is 507 g/mol. The number of benzene rings is 2. The molecular formula is C23H19Cl3N2O4S. The smallest absolute Gasteiger partial charge is 0.319 e. The lowest BCUT2D eigenvalue weighted by Crippen LogP contribution is -2.44. The van der Waals surface area contributed by atoms with E-state index in [9.17, 15) is 14.9 Å². The number of halogens is 3. The number of amides is 1. The minimum absolute atomic E-state index is 0.223. The Balaban J connectivity index is 2.04. The van der Waals surface area contributed by atoms with E-state index in [1.54, 1.807) is 36.4 Å². The molecule has 1 aliphatic rings. The number of allylic oxidation sites excluding steroid dienone is 1. The summed E-state index contributed by atoms with van der Waals surface area (Å²) >= 11 is 19.8. The molecule has 1 aliphatic heterocycles. The Morgan fingerprint density at radius 1 is 1.18 bits per heavy atom. The van der Waals surface area contributed by atoms with Crippen molar-refractivity contribution in [2.24, 2.45) is 5.92 Å². The summed E-state index contributed by atoms with van der Waals surface area (Å²) in [6.45, 7) is 2.25. The first-order chi connectivity index (χ1) is 15.8. The number of methoxy groups -OCH3 is 1. The van der Waals surface area contributed by atoms with Crippen molar-refractivity contribution in [3.8, 4) is 11.8 Å². The van der Waals surface area contributed by atoms with Gasteiger partial charge in [0.2, 0.25) is 5.91 Å². The molecule has 0 bridgehead atoms. The molecule has 2 atom stereocenters. The fourth-order valence-electron chi connectivity index (χ4n) is 3.45. The van der Waals surface area contributed by atoms with Gasteiger partial charge in [-0.2, -0.15) is 5.26 Å². The van der Waals surface area contributed by atoms with Crippen LogP contribution >= 0.6 is 46.6 Å². The van der Waals surface area contributed by atoms with Crippen molar-refractivity contribution < 1.29 is 19.1 Å². The second-order valence-corrected chi connectivity index (χ2v) is 9.21. The van der Waals surface area contributed by atoms with Crippen LogP contribution in [-0.2, 0) is 20.1 Å². The second kappa shape index (κ2) is 11.2. The van der Waals surface area contributed by atoms with E-state index in [0.717, 1.165) is 5.56 Å². The van der Waals surface area contributed by atoms with E-state index in [0.29, 0.717) is 43.8 Å². The summed E-state index contributed by atoms with van der Waals surface area (Å²) in [4.78, 5) is 25.5. The summed E-state index contributed by atoms with van der Waals surface area (Å²) < 4.78 is 10.3. The van der Waals surface area contributed by atoms with Crippen LogP contribution in [0, 0.1) is 17.2 Å². The van der Waals surface area contributed by atoms with Gasteiger partial charge < -0.3 is 14.8 Å². The largest absolute Gasteiger partial charge is 0.492 e. The zero-order valence-electron chi connectivity index (χ0n) is 17.7. The molecule has 33 heavy (non-hydrogen) atoms. The van der Waals surface area contributed by atoms with Crippen LogP contribution in [0.1, 0.15) is 24.0 Å². The number of nitrogens with zero attached hydrogens (tertiary/aromatic N) is 1. The average Bonchev–Trinajstić information content (AvgIpc) is 2.79. The molecule has 2 aromatic carbocycles. The Bertz CT molecular complexity index is 1160. The molecule has 1 heterocycles. The van der Waals surface area contributed by atoms with Gasteiger partial charge in [0.15, 0.2) is 0 Å². The standard InChI is InChI=1S/C23H19Cl3N2O4S/c1-3-32-18-7-5-12(8-17(18)26)19-15(10-27)22(28-21(29)20(19)23(30)31-2)33-11-13-4-6-14(24)9-16(13)25/h4-9,19-20H,3,11H2,1-2H3,(H,28,29)/t19-,20+/m1/s1. The molecule has 0 fully saturated rings. The van der Waals surface area contributed by atoms with E-state index in [-0.39, 0.29) is 5.57 Å². The monoisotopic (exact) mass is 524 g/mol. The highest BCUT2D eigenvalue weighted by atomic mass is 35.5. The fraction of sp³-hybridized carbons (Fsp3) is 0.261. The molecule has 0 radical (unpaired) electrons. The fourth-order valence-corrected chi connectivity index (χ4v) is 5.30. The first-order valence-electron chi connectivity index (χ1n) is 9.82. The SMILES string of the molecule is CCOc1ccc([C@@H]2C(C#N)=C(SCc3ccc(Cl)cc3Cl)NC(=O)[C@H]2C(=O)OC)cc1Cl. The summed E-state index contributed by atoms with van der Waals surface area (Å²) in [5.41, 5.74) is 1.52. The van der Waals surface area contributed by atoms with Gasteiger partial charge in [-0.3, -0.25) is 9.59 Å². The summed E-state index contributed by atoms with van der Waals surface area (Å²) in [5.74, 6) is -2.61. The molecule has 2 aromatic rings. The third kappa shape index (κ3) is 5.59. The topological polar surface area (TPSA) is 88.4 Å². The predicted octanol–water partition coefficient (Wildman–Crippen LogP) is 5.72. The van der Waals surface area contributed by atoms with Gasteiger partial charge in [0, 0.05) is 21.7 Å². The van der Waals surface area contributed by atoms with Crippen LogP contribution in [0.2, 0.25) is 15.1 Å². The zero-order valence-corrected chi connectivity index (χ0v) is 20.7. The zero-order chi connectivity index (χ0) is 24.1. The van der Waals surface area contributed by atoms with Crippen molar-refractivity contribution in [2.45, 2.75) is 18.6 Å². The van der Waals surface area contributed by atoms with Gasteiger partial charge in [-0.1, -0.05) is 46.9 Å². The van der Waals surface area contributed by atoms with E-state index >= 15 is 0 Å². The van der Waals surface area contributed by atoms with Crippen molar-refractivity contribution in [2.75, 3.05) is 13.7 Å². The highest BCUT2D eigenvalue weighted by Crippen LogP contribution is 2.42. The molecule has 0 saturated heterocycles. The summed E-state index contributed by atoms with van der Waals surface area (Å²) in [6.07, 6.45) is 0. The highest BCUT2D eigenvalue weighted by molar-refractivity contribution is 8.02. The van der Waals surface area contributed by atoms with Crippen LogP contribution in [0.5, 0.6) is 5.75 Å². The van der Waals surface area contributed by atoms with Crippen molar-refractivity contribution in [3.05, 3.63) is 73.2 Å². The van der Waals surface area contributed by atoms with Gasteiger partial charge in [0.05, 0.1) is 35.4 Å². The maximum absolute atomic E-state index is 13.0. The minimum Gasteiger partial charge on any atom is -0.492 e. The normalized spacial score (nSPS) is 17.9. The van der Waals surface area contributed by atoms with Crippen molar-refractivity contribution >= 4 is 58.4 Å². The molecule has 172 valence electrons. The lowest BCUT2D eigenvalue weighted by Gasteiger charge is -2.31. The molecule has 0 aliphatic carbocycles.